The Labute approximate surface area is 92.7 Å². The van der Waals surface area contributed by atoms with Gasteiger partial charge in [0, 0.05) is 22.7 Å². The van der Waals surface area contributed by atoms with Gasteiger partial charge < -0.3 is 4.40 Å². The molecule has 0 aliphatic carbocycles. The molecule has 0 spiro atoms. The van der Waals surface area contributed by atoms with Crippen molar-refractivity contribution in [3.8, 4) is 0 Å². The molecule has 0 amide bonds. The van der Waals surface area contributed by atoms with Gasteiger partial charge in [0.05, 0.1) is 5.52 Å². The second kappa shape index (κ2) is 3.31. The lowest BCUT2D eigenvalue weighted by atomic mass is 10.1. The first-order chi connectivity index (χ1) is 7.38. The number of rotatable bonds is 1. The lowest BCUT2D eigenvalue weighted by Gasteiger charge is -2.00. The first kappa shape index (κ1) is 8.86. The highest BCUT2D eigenvalue weighted by molar-refractivity contribution is 7.98. The van der Waals surface area contributed by atoms with E-state index in [0.717, 1.165) is 0 Å². The maximum absolute atomic E-state index is 2.24. The third kappa shape index (κ3) is 1.33. The first-order valence-electron chi connectivity index (χ1n) is 4.92. The highest BCUT2D eigenvalue weighted by atomic mass is 32.2. The highest BCUT2D eigenvalue weighted by Gasteiger charge is 2.02. The van der Waals surface area contributed by atoms with Crippen LogP contribution in [0.4, 0.5) is 0 Å². The minimum absolute atomic E-state index is 1.29. The summed E-state index contributed by atoms with van der Waals surface area (Å²) in [6.07, 6.45) is 6.40. The van der Waals surface area contributed by atoms with Crippen LogP contribution in [0.5, 0.6) is 0 Å². The van der Waals surface area contributed by atoms with Gasteiger partial charge in [-0.1, -0.05) is 24.3 Å². The molecule has 0 radical (unpaired) electrons. The van der Waals surface area contributed by atoms with E-state index in [4.69, 9.17) is 0 Å². The van der Waals surface area contributed by atoms with Gasteiger partial charge >= 0.3 is 0 Å². The van der Waals surface area contributed by atoms with Crippen LogP contribution in [0.1, 0.15) is 0 Å². The average molecular weight is 213 g/mol. The van der Waals surface area contributed by atoms with E-state index in [0.29, 0.717) is 0 Å². The van der Waals surface area contributed by atoms with E-state index in [-0.39, 0.29) is 0 Å². The zero-order chi connectivity index (χ0) is 10.3. The van der Waals surface area contributed by atoms with Gasteiger partial charge in [0.2, 0.25) is 0 Å². The Kier molecular flexibility index (Phi) is 1.96. The van der Waals surface area contributed by atoms with Gasteiger partial charge in [-0.2, -0.15) is 0 Å². The van der Waals surface area contributed by atoms with Crippen LogP contribution in [-0.4, -0.2) is 10.7 Å². The quantitative estimate of drug-likeness (QED) is 0.556. The molecule has 2 aromatic heterocycles. The molecule has 0 aliphatic rings. The van der Waals surface area contributed by atoms with Gasteiger partial charge in [-0.25, -0.2) is 0 Å². The van der Waals surface area contributed by atoms with Gasteiger partial charge in [0.1, 0.15) is 0 Å². The van der Waals surface area contributed by atoms with Crippen LogP contribution in [0.3, 0.4) is 0 Å². The Morgan fingerprint density at radius 1 is 1.13 bits per heavy atom. The normalized spacial score (nSPS) is 11.3. The minimum Gasteiger partial charge on any atom is -0.322 e. The Hall–Kier alpha value is -1.41. The van der Waals surface area contributed by atoms with Crippen molar-refractivity contribution in [3.05, 3.63) is 48.8 Å². The largest absolute Gasteiger partial charge is 0.322 e. The van der Waals surface area contributed by atoms with Crippen LogP contribution in [0.2, 0.25) is 0 Å². The van der Waals surface area contributed by atoms with E-state index in [1.807, 2.05) is 0 Å². The van der Waals surface area contributed by atoms with Crippen molar-refractivity contribution in [2.75, 3.05) is 6.26 Å². The van der Waals surface area contributed by atoms with E-state index in [1.165, 1.54) is 21.2 Å². The van der Waals surface area contributed by atoms with Crippen LogP contribution < -0.4 is 0 Å². The summed E-state index contributed by atoms with van der Waals surface area (Å²) in [6.45, 7) is 0. The van der Waals surface area contributed by atoms with Gasteiger partial charge in [-0.3, -0.25) is 0 Å². The molecule has 74 valence electrons. The molecular weight excluding hydrogens is 202 g/mol. The van der Waals surface area contributed by atoms with E-state index >= 15 is 0 Å². The maximum atomic E-state index is 2.24. The third-order valence-corrected chi connectivity index (χ3v) is 3.41. The summed E-state index contributed by atoms with van der Waals surface area (Å²) in [4.78, 5) is 1.31. The van der Waals surface area contributed by atoms with E-state index in [2.05, 4.69) is 59.4 Å². The molecule has 15 heavy (non-hydrogen) atoms. The van der Waals surface area contributed by atoms with E-state index in [9.17, 15) is 0 Å². The van der Waals surface area contributed by atoms with Crippen molar-refractivity contribution >= 4 is 28.1 Å². The molecule has 3 aromatic rings. The SMILES string of the molecule is CSc1cc2c3ccccc3ccn2c1. The molecule has 0 bridgehead atoms. The fourth-order valence-corrected chi connectivity index (χ4v) is 2.39. The summed E-state index contributed by atoms with van der Waals surface area (Å²) in [6, 6.07) is 12.9. The average Bonchev–Trinajstić information content (AvgIpc) is 2.72. The third-order valence-electron chi connectivity index (χ3n) is 2.71. The molecule has 0 aliphatic heterocycles. The molecule has 1 nitrogen and oxygen atoms in total. The van der Waals surface area contributed by atoms with Crippen molar-refractivity contribution in [2.24, 2.45) is 0 Å². The monoisotopic (exact) mass is 213 g/mol. The van der Waals surface area contributed by atoms with Gasteiger partial charge in [-0.15, -0.1) is 11.8 Å². The molecule has 2 heterocycles. The molecule has 0 N–H and O–H groups in total. The summed E-state index contributed by atoms with van der Waals surface area (Å²) in [5.41, 5.74) is 1.29. The number of thioether (sulfide) groups is 1. The zero-order valence-electron chi connectivity index (χ0n) is 8.47. The summed E-state index contributed by atoms with van der Waals surface area (Å²) in [5, 5.41) is 2.62. The molecule has 1 aromatic carbocycles. The molecule has 3 rings (SSSR count). The van der Waals surface area contributed by atoms with E-state index < -0.39 is 0 Å². The maximum Gasteiger partial charge on any atom is 0.0539 e. The van der Waals surface area contributed by atoms with Crippen LogP contribution in [0.25, 0.3) is 16.3 Å². The molecule has 0 fully saturated rings. The topological polar surface area (TPSA) is 4.41 Å². The van der Waals surface area contributed by atoms with Crippen LogP contribution >= 0.6 is 11.8 Å². The van der Waals surface area contributed by atoms with Crippen LogP contribution in [0, 0.1) is 0 Å². The summed E-state index contributed by atoms with van der Waals surface area (Å²) in [5.74, 6) is 0. The molecular formula is C13H11NS. The number of hydrogen-bond acceptors (Lipinski definition) is 1. The zero-order valence-corrected chi connectivity index (χ0v) is 9.29. The van der Waals surface area contributed by atoms with Crippen molar-refractivity contribution in [3.63, 3.8) is 0 Å². The molecule has 0 unspecified atom stereocenters. The predicted octanol–water partition coefficient (Wildman–Crippen LogP) is 3.81. The standard InChI is InChI=1S/C13H11NS/c1-15-11-8-13-12-5-3-2-4-10(12)6-7-14(13)9-11/h2-9H,1H3. The second-order valence-corrected chi connectivity index (χ2v) is 4.46. The first-order valence-corrected chi connectivity index (χ1v) is 6.14. The molecule has 0 saturated carbocycles. The molecule has 0 atom stereocenters. The molecule has 0 saturated heterocycles. The number of benzene rings is 1. The second-order valence-electron chi connectivity index (χ2n) is 3.58. The van der Waals surface area contributed by atoms with Crippen LogP contribution in [0.15, 0.2) is 53.7 Å². The Balaban J connectivity index is 2.47. The van der Waals surface area contributed by atoms with Crippen molar-refractivity contribution in [1.82, 2.24) is 4.40 Å². The number of aromatic nitrogens is 1. The van der Waals surface area contributed by atoms with Crippen molar-refractivity contribution in [2.45, 2.75) is 4.90 Å². The number of nitrogens with zero attached hydrogens (tertiary/aromatic N) is 1. The lowest BCUT2D eigenvalue weighted by molar-refractivity contribution is 1.19. The number of hydrogen-bond donors (Lipinski definition) is 0. The fourth-order valence-electron chi connectivity index (χ4n) is 1.94. The number of pyridine rings is 1. The summed E-state index contributed by atoms with van der Waals surface area (Å²) < 4.78 is 2.19. The Morgan fingerprint density at radius 3 is 2.87 bits per heavy atom. The van der Waals surface area contributed by atoms with Crippen molar-refractivity contribution in [1.29, 1.82) is 0 Å². The number of fused-ring (bicyclic) bond motifs is 3. The molecule has 2 heteroatoms. The fraction of sp³-hybridized carbons (Fsp3) is 0.0769. The van der Waals surface area contributed by atoms with Gasteiger partial charge in [0.15, 0.2) is 0 Å². The Morgan fingerprint density at radius 2 is 2.00 bits per heavy atom. The van der Waals surface area contributed by atoms with Gasteiger partial charge in [-0.05, 0) is 23.8 Å². The van der Waals surface area contributed by atoms with Crippen LogP contribution in [-0.2, 0) is 0 Å². The lowest BCUT2D eigenvalue weighted by Crippen LogP contribution is -1.81. The highest BCUT2D eigenvalue weighted by Crippen LogP contribution is 2.25. The minimum atomic E-state index is 1.29. The summed E-state index contributed by atoms with van der Waals surface area (Å²) in [7, 11) is 0. The predicted molar refractivity (Wildman–Crippen MR) is 66.7 cm³/mol. The Bertz CT molecular complexity index is 625. The van der Waals surface area contributed by atoms with Gasteiger partial charge in [0.25, 0.3) is 0 Å². The summed E-state index contributed by atoms with van der Waals surface area (Å²) >= 11 is 1.78. The van der Waals surface area contributed by atoms with E-state index in [1.54, 1.807) is 11.8 Å². The smallest absolute Gasteiger partial charge is 0.0539 e. The van der Waals surface area contributed by atoms with Crippen molar-refractivity contribution < 1.29 is 0 Å².